The number of hydrogen-bond donors (Lipinski definition) is 0. The zero-order valence-corrected chi connectivity index (χ0v) is 12.5. The second-order valence-corrected chi connectivity index (χ2v) is 5.02. The van der Waals surface area contributed by atoms with Gasteiger partial charge in [0.15, 0.2) is 0 Å². The van der Waals surface area contributed by atoms with Gasteiger partial charge in [-0.05, 0) is 30.7 Å². The lowest BCUT2D eigenvalue weighted by Crippen LogP contribution is -2.30. The minimum atomic E-state index is -0.148. The van der Waals surface area contributed by atoms with Crippen LogP contribution in [0.2, 0.25) is 10.2 Å². The van der Waals surface area contributed by atoms with Gasteiger partial charge in [-0.25, -0.2) is 4.98 Å². The Morgan fingerprint density at radius 2 is 1.95 bits per heavy atom. The van der Waals surface area contributed by atoms with E-state index in [1.807, 2.05) is 31.2 Å². The van der Waals surface area contributed by atoms with E-state index in [0.29, 0.717) is 23.7 Å². The van der Waals surface area contributed by atoms with Gasteiger partial charge >= 0.3 is 0 Å². The fourth-order valence-corrected chi connectivity index (χ4v) is 2.27. The molecule has 0 atom stereocenters. The van der Waals surface area contributed by atoms with Crippen LogP contribution in [0.1, 0.15) is 22.8 Å². The van der Waals surface area contributed by atoms with Crippen molar-refractivity contribution in [3.63, 3.8) is 0 Å². The number of rotatable bonds is 4. The molecule has 1 aromatic carbocycles. The molecule has 0 saturated heterocycles. The lowest BCUT2D eigenvalue weighted by atomic mass is 10.2. The zero-order chi connectivity index (χ0) is 14.5. The highest BCUT2D eigenvalue weighted by Gasteiger charge is 2.18. The second-order valence-electron chi connectivity index (χ2n) is 4.25. The van der Waals surface area contributed by atoms with E-state index in [1.54, 1.807) is 23.2 Å². The number of halogens is 2. The molecule has 2 rings (SSSR count). The molecule has 0 fully saturated rings. The SMILES string of the molecule is CCN(Cc1ccccc1Cl)C(=O)c1cccnc1Cl. The number of pyridine rings is 1. The van der Waals surface area contributed by atoms with E-state index in [1.165, 1.54) is 0 Å². The monoisotopic (exact) mass is 308 g/mol. The molecule has 20 heavy (non-hydrogen) atoms. The summed E-state index contributed by atoms with van der Waals surface area (Å²) in [6.07, 6.45) is 1.56. The minimum absolute atomic E-state index is 0.148. The third kappa shape index (κ3) is 3.30. The maximum absolute atomic E-state index is 12.5. The van der Waals surface area contributed by atoms with Crippen LogP contribution in [0.5, 0.6) is 0 Å². The first-order chi connectivity index (χ1) is 9.63. The highest BCUT2D eigenvalue weighted by Crippen LogP contribution is 2.20. The van der Waals surface area contributed by atoms with Gasteiger partial charge in [0.2, 0.25) is 0 Å². The van der Waals surface area contributed by atoms with E-state index in [4.69, 9.17) is 23.2 Å². The first-order valence-corrected chi connectivity index (χ1v) is 7.02. The maximum atomic E-state index is 12.5. The summed E-state index contributed by atoms with van der Waals surface area (Å²) in [6.45, 7) is 2.93. The molecular weight excluding hydrogens is 295 g/mol. The summed E-state index contributed by atoms with van der Waals surface area (Å²) in [4.78, 5) is 18.1. The Labute approximate surface area is 128 Å². The van der Waals surface area contributed by atoms with Crippen LogP contribution in [0.15, 0.2) is 42.6 Å². The number of carbonyl (C=O) groups is 1. The molecule has 0 radical (unpaired) electrons. The molecule has 0 N–H and O–H groups in total. The summed E-state index contributed by atoms with van der Waals surface area (Å²) in [5.41, 5.74) is 1.31. The van der Waals surface area contributed by atoms with Gasteiger partial charge in [0.1, 0.15) is 5.15 Å². The summed E-state index contributed by atoms with van der Waals surface area (Å²) >= 11 is 12.1. The molecule has 0 bridgehead atoms. The topological polar surface area (TPSA) is 33.2 Å². The maximum Gasteiger partial charge on any atom is 0.257 e. The molecule has 5 heteroatoms. The van der Waals surface area contributed by atoms with Gasteiger partial charge in [-0.15, -0.1) is 0 Å². The summed E-state index contributed by atoms with van der Waals surface area (Å²) < 4.78 is 0. The van der Waals surface area contributed by atoms with Gasteiger partial charge in [-0.3, -0.25) is 4.79 Å². The number of nitrogens with zero attached hydrogens (tertiary/aromatic N) is 2. The second kappa shape index (κ2) is 6.73. The number of aromatic nitrogens is 1. The van der Waals surface area contributed by atoms with E-state index in [0.717, 1.165) is 5.56 Å². The molecule has 0 aliphatic heterocycles. The van der Waals surface area contributed by atoms with Crippen LogP contribution in [-0.4, -0.2) is 22.3 Å². The average molecular weight is 309 g/mol. The van der Waals surface area contributed by atoms with Crippen molar-refractivity contribution in [1.82, 2.24) is 9.88 Å². The highest BCUT2D eigenvalue weighted by molar-refractivity contribution is 6.32. The molecule has 0 aliphatic carbocycles. The van der Waals surface area contributed by atoms with Crippen molar-refractivity contribution in [2.24, 2.45) is 0 Å². The molecule has 0 aliphatic rings. The fourth-order valence-electron chi connectivity index (χ4n) is 1.88. The largest absolute Gasteiger partial charge is 0.334 e. The van der Waals surface area contributed by atoms with Crippen molar-refractivity contribution in [3.05, 3.63) is 63.9 Å². The fraction of sp³-hybridized carbons (Fsp3) is 0.200. The van der Waals surface area contributed by atoms with Gasteiger partial charge < -0.3 is 4.90 Å². The molecule has 0 unspecified atom stereocenters. The molecule has 1 heterocycles. The van der Waals surface area contributed by atoms with Crippen molar-refractivity contribution in [1.29, 1.82) is 0 Å². The van der Waals surface area contributed by atoms with E-state index < -0.39 is 0 Å². The van der Waals surface area contributed by atoms with Crippen LogP contribution in [0.3, 0.4) is 0 Å². The molecule has 1 aromatic heterocycles. The van der Waals surface area contributed by atoms with Crippen molar-refractivity contribution in [2.45, 2.75) is 13.5 Å². The number of hydrogen-bond acceptors (Lipinski definition) is 2. The van der Waals surface area contributed by atoms with Crippen molar-refractivity contribution in [3.8, 4) is 0 Å². The Bertz CT molecular complexity index is 616. The van der Waals surface area contributed by atoms with Gasteiger partial charge in [-0.1, -0.05) is 41.4 Å². The van der Waals surface area contributed by atoms with Gasteiger partial charge in [0, 0.05) is 24.3 Å². The van der Waals surface area contributed by atoms with Crippen LogP contribution in [0.4, 0.5) is 0 Å². The molecule has 0 spiro atoms. The first kappa shape index (κ1) is 14.8. The summed E-state index contributed by atoms with van der Waals surface area (Å²) in [5, 5.41) is 0.867. The number of amides is 1. The van der Waals surface area contributed by atoms with Crippen LogP contribution >= 0.6 is 23.2 Å². The van der Waals surface area contributed by atoms with Crippen molar-refractivity contribution in [2.75, 3.05) is 6.54 Å². The Kier molecular flexibility index (Phi) is 4.99. The van der Waals surface area contributed by atoms with Crippen LogP contribution in [0, 0.1) is 0 Å². The minimum Gasteiger partial charge on any atom is -0.334 e. The van der Waals surface area contributed by atoms with E-state index in [-0.39, 0.29) is 11.1 Å². The van der Waals surface area contributed by atoms with Gasteiger partial charge in [-0.2, -0.15) is 0 Å². The van der Waals surface area contributed by atoms with Gasteiger partial charge in [0.05, 0.1) is 5.56 Å². The van der Waals surface area contributed by atoms with Crippen LogP contribution in [-0.2, 0) is 6.54 Å². The first-order valence-electron chi connectivity index (χ1n) is 6.26. The Morgan fingerprint density at radius 3 is 2.60 bits per heavy atom. The quantitative estimate of drug-likeness (QED) is 0.798. The third-order valence-corrected chi connectivity index (χ3v) is 3.65. The Hall–Kier alpha value is -1.58. The summed E-state index contributed by atoms with van der Waals surface area (Å²) in [6, 6.07) is 10.9. The highest BCUT2D eigenvalue weighted by atomic mass is 35.5. The van der Waals surface area contributed by atoms with Crippen LogP contribution in [0.25, 0.3) is 0 Å². The predicted molar refractivity (Wildman–Crippen MR) is 81.1 cm³/mol. The summed E-state index contributed by atoms with van der Waals surface area (Å²) in [5.74, 6) is -0.148. The molecule has 1 amide bonds. The lowest BCUT2D eigenvalue weighted by Gasteiger charge is -2.21. The van der Waals surface area contributed by atoms with E-state index in [9.17, 15) is 4.79 Å². The molecule has 3 nitrogen and oxygen atoms in total. The standard InChI is InChI=1S/C15H14Cl2N2O/c1-2-19(10-11-6-3-4-8-13(11)16)15(20)12-7-5-9-18-14(12)17/h3-9H,2,10H2,1H3. The smallest absolute Gasteiger partial charge is 0.257 e. The zero-order valence-electron chi connectivity index (χ0n) is 11.0. The predicted octanol–water partition coefficient (Wildman–Crippen LogP) is 4.05. The molecule has 2 aromatic rings. The molecule has 104 valence electrons. The van der Waals surface area contributed by atoms with Crippen molar-refractivity contribution >= 4 is 29.1 Å². The average Bonchev–Trinajstić information content (AvgIpc) is 2.46. The number of benzene rings is 1. The lowest BCUT2D eigenvalue weighted by molar-refractivity contribution is 0.0752. The number of carbonyl (C=O) groups excluding carboxylic acids is 1. The van der Waals surface area contributed by atoms with E-state index in [2.05, 4.69) is 4.98 Å². The van der Waals surface area contributed by atoms with Crippen molar-refractivity contribution < 1.29 is 4.79 Å². The summed E-state index contributed by atoms with van der Waals surface area (Å²) in [7, 11) is 0. The Morgan fingerprint density at radius 1 is 1.20 bits per heavy atom. The Balaban J connectivity index is 2.23. The van der Waals surface area contributed by atoms with Crippen LogP contribution < -0.4 is 0 Å². The third-order valence-electron chi connectivity index (χ3n) is 2.98. The molecule has 0 saturated carbocycles. The molecular formula is C15H14Cl2N2O. The normalized spacial score (nSPS) is 10.3. The van der Waals surface area contributed by atoms with E-state index >= 15 is 0 Å². The van der Waals surface area contributed by atoms with Gasteiger partial charge in [0.25, 0.3) is 5.91 Å².